The highest BCUT2D eigenvalue weighted by Gasteiger charge is 2.35. The third-order valence-electron chi connectivity index (χ3n) is 3.08. The lowest BCUT2D eigenvalue weighted by molar-refractivity contribution is -0.139. The molecule has 1 amide bonds. The van der Waals surface area contributed by atoms with Gasteiger partial charge in [0.05, 0.1) is 18.7 Å². The average Bonchev–Trinajstić information content (AvgIpc) is 2.83. The van der Waals surface area contributed by atoms with E-state index in [2.05, 4.69) is 5.32 Å². The summed E-state index contributed by atoms with van der Waals surface area (Å²) in [5.41, 5.74) is 0.739. The van der Waals surface area contributed by atoms with Gasteiger partial charge in [-0.05, 0) is 19.1 Å². The van der Waals surface area contributed by atoms with Crippen LogP contribution in [-0.4, -0.2) is 42.6 Å². The summed E-state index contributed by atoms with van der Waals surface area (Å²) in [5.74, 6) is -2.20. The Labute approximate surface area is 127 Å². The molecule has 0 saturated carbocycles. The third kappa shape index (κ3) is 3.25. The smallest absolute Gasteiger partial charge is 0.338 e. The van der Waals surface area contributed by atoms with Gasteiger partial charge < -0.3 is 20.1 Å². The minimum atomic E-state index is -1.12. The van der Waals surface area contributed by atoms with Gasteiger partial charge in [-0.3, -0.25) is 9.59 Å². The Hall–Kier alpha value is -2.83. The summed E-state index contributed by atoms with van der Waals surface area (Å²) in [4.78, 5) is 36.5. The predicted octanol–water partition coefficient (Wildman–Crippen LogP) is 0.525. The molecule has 0 bridgehead atoms. The van der Waals surface area contributed by atoms with Crippen molar-refractivity contribution in [3.05, 3.63) is 41.6 Å². The number of hydrogen-bond donors (Lipinski definition) is 2. The van der Waals surface area contributed by atoms with Crippen LogP contribution in [0.15, 0.2) is 41.6 Å². The topological polar surface area (TPSA) is 95.9 Å². The van der Waals surface area contributed by atoms with Crippen molar-refractivity contribution in [3.63, 3.8) is 0 Å². The summed E-state index contributed by atoms with van der Waals surface area (Å²) < 4.78 is 4.93. The largest absolute Gasteiger partial charge is 0.480 e. The average molecular weight is 304 g/mol. The SMILES string of the molecule is CCOC(=O)C1=C(NCC(=O)O)C(=O)N(c2ccccc2)C1. The fourth-order valence-corrected chi connectivity index (χ4v) is 2.12. The number of esters is 1. The van der Waals surface area contributed by atoms with Crippen molar-refractivity contribution in [2.75, 3.05) is 24.6 Å². The molecule has 7 heteroatoms. The number of anilines is 1. The summed E-state index contributed by atoms with van der Waals surface area (Å²) in [6.07, 6.45) is 0. The van der Waals surface area contributed by atoms with Crippen molar-refractivity contribution >= 4 is 23.5 Å². The molecule has 0 aromatic heterocycles. The lowest BCUT2D eigenvalue weighted by Crippen LogP contribution is -2.32. The van der Waals surface area contributed by atoms with E-state index in [1.165, 1.54) is 4.90 Å². The number of nitrogens with zero attached hydrogens (tertiary/aromatic N) is 1. The number of para-hydroxylation sites is 1. The summed E-state index contributed by atoms with van der Waals surface area (Å²) in [7, 11) is 0. The highest BCUT2D eigenvalue weighted by Crippen LogP contribution is 2.25. The first-order chi connectivity index (χ1) is 10.5. The number of hydrogen-bond acceptors (Lipinski definition) is 5. The zero-order valence-electron chi connectivity index (χ0n) is 12.0. The quantitative estimate of drug-likeness (QED) is 0.744. The number of nitrogens with one attached hydrogen (secondary N) is 1. The molecule has 1 aromatic rings. The van der Waals surface area contributed by atoms with Gasteiger partial charge in [0, 0.05) is 5.69 Å². The minimum Gasteiger partial charge on any atom is -0.480 e. The highest BCUT2D eigenvalue weighted by molar-refractivity contribution is 6.15. The van der Waals surface area contributed by atoms with Crippen LogP contribution >= 0.6 is 0 Å². The molecule has 2 N–H and O–H groups in total. The molecular formula is C15H16N2O5. The number of carboxylic acids is 1. The molecular weight excluding hydrogens is 288 g/mol. The molecule has 0 fully saturated rings. The van der Waals surface area contributed by atoms with Crippen LogP contribution in [-0.2, 0) is 19.1 Å². The van der Waals surface area contributed by atoms with Crippen LogP contribution in [0.1, 0.15) is 6.92 Å². The molecule has 1 aliphatic heterocycles. The fraction of sp³-hybridized carbons (Fsp3) is 0.267. The maximum atomic E-state index is 12.4. The van der Waals surface area contributed by atoms with Crippen LogP contribution in [0.5, 0.6) is 0 Å². The van der Waals surface area contributed by atoms with Crippen molar-refractivity contribution in [1.29, 1.82) is 0 Å². The van der Waals surface area contributed by atoms with Crippen molar-refractivity contribution in [3.8, 4) is 0 Å². The Balaban J connectivity index is 2.28. The van der Waals surface area contributed by atoms with E-state index in [-0.39, 0.29) is 24.4 Å². The number of carboxylic acid groups (broad SMARTS) is 1. The van der Waals surface area contributed by atoms with Crippen molar-refractivity contribution in [2.24, 2.45) is 0 Å². The second-order valence-corrected chi connectivity index (χ2v) is 4.55. The molecule has 0 radical (unpaired) electrons. The van der Waals surface area contributed by atoms with E-state index in [0.29, 0.717) is 5.69 Å². The minimum absolute atomic E-state index is 0.0234. The number of ether oxygens (including phenoxy) is 1. The molecule has 22 heavy (non-hydrogen) atoms. The molecule has 1 aromatic carbocycles. The van der Waals surface area contributed by atoms with Crippen LogP contribution in [0.3, 0.4) is 0 Å². The van der Waals surface area contributed by atoms with Crippen LogP contribution in [0.4, 0.5) is 5.69 Å². The van der Waals surface area contributed by atoms with Gasteiger partial charge in [0.1, 0.15) is 12.2 Å². The Morgan fingerprint density at radius 3 is 2.59 bits per heavy atom. The number of aliphatic carboxylic acids is 1. The van der Waals surface area contributed by atoms with Crippen LogP contribution in [0.2, 0.25) is 0 Å². The van der Waals surface area contributed by atoms with E-state index in [9.17, 15) is 14.4 Å². The first-order valence-electron chi connectivity index (χ1n) is 6.77. The molecule has 7 nitrogen and oxygen atoms in total. The van der Waals surface area contributed by atoms with Crippen LogP contribution in [0, 0.1) is 0 Å². The molecule has 116 valence electrons. The van der Waals surface area contributed by atoms with Gasteiger partial charge in [-0.25, -0.2) is 4.79 Å². The maximum Gasteiger partial charge on any atom is 0.338 e. The van der Waals surface area contributed by atoms with Gasteiger partial charge in [-0.2, -0.15) is 0 Å². The zero-order chi connectivity index (χ0) is 16.1. The number of amides is 1. The lowest BCUT2D eigenvalue weighted by atomic mass is 10.2. The van der Waals surface area contributed by atoms with Crippen LogP contribution < -0.4 is 10.2 Å². The Bertz CT molecular complexity index is 624. The van der Waals surface area contributed by atoms with Crippen molar-refractivity contribution < 1.29 is 24.2 Å². The van der Waals surface area contributed by atoms with Gasteiger partial charge in [0.15, 0.2) is 0 Å². The standard InChI is InChI=1S/C15H16N2O5/c1-2-22-15(21)11-9-17(10-6-4-3-5-7-10)14(20)13(11)16-8-12(18)19/h3-7,16H,2,8-9H2,1H3,(H,18,19). The molecule has 2 rings (SSSR count). The summed E-state index contributed by atoms with van der Waals surface area (Å²) >= 11 is 0. The first kappa shape index (κ1) is 15.6. The van der Waals surface area contributed by atoms with E-state index < -0.39 is 24.4 Å². The van der Waals surface area contributed by atoms with Gasteiger partial charge in [0.25, 0.3) is 5.91 Å². The Morgan fingerprint density at radius 1 is 1.32 bits per heavy atom. The molecule has 0 spiro atoms. The zero-order valence-corrected chi connectivity index (χ0v) is 12.0. The van der Waals surface area contributed by atoms with E-state index in [4.69, 9.17) is 9.84 Å². The third-order valence-corrected chi connectivity index (χ3v) is 3.08. The normalized spacial score (nSPS) is 14.2. The van der Waals surface area contributed by atoms with Crippen molar-refractivity contribution in [1.82, 2.24) is 5.32 Å². The number of rotatable bonds is 6. The number of carbonyl (C=O) groups is 3. The number of benzene rings is 1. The Morgan fingerprint density at radius 2 is 2.00 bits per heavy atom. The van der Waals surface area contributed by atoms with E-state index in [1.807, 2.05) is 6.07 Å². The van der Waals surface area contributed by atoms with Gasteiger partial charge in [0.2, 0.25) is 0 Å². The van der Waals surface area contributed by atoms with Crippen LogP contribution in [0.25, 0.3) is 0 Å². The molecule has 0 saturated heterocycles. The molecule has 0 atom stereocenters. The summed E-state index contributed by atoms with van der Waals surface area (Å²) in [6, 6.07) is 8.83. The number of carbonyl (C=O) groups excluding carboxylic acids is 2. The monoisotopic (exact) mass is 304 g/mol. The van der Waals surface area contributed by atoms with E-state index >= 15 is 0 Å². The second kappa shape index (κ2) is 6.75. The molecule has 1 heterocycles. The van der Waals surface area contributed by atoms with Crippen molar-refractivity contribution in [2.45, 2.75) is 6.92 Å². The highest BCUT2D eigenvalue weighted by atomic mass is 16.5. The fourth-order valence-electron chi connectivity index (χ4n) is 2.12. The Kier molecular flexibility index (Phi) is 4.77. The van der Waals surface area contributed by atoms with Gasteiger partial charge in [-0.15, -0.1) is 0 Å². The molecule has 1 aliphatic rings. The predicted molar refractivity (Wildman–Crippen MR) is 78.1 cm³/mol. The second-order valence-electron chi connectivity index (χ2n) is 4.55. The summed E-state index contributed by atoms with van der Waals surface area (Å²) in [6.45, 7) is 1.43. The first-order valence-corrected chi connectivity index (χ1v) is 6.77. The maximum absolute atomic E-state index is 12.4. The van der Waals surface area contributed by atoms with Gasteiger partial charge in [-0.1, -0.05) is 18.2 Å². The van der Waals surface area contributed by atoms with E-state index in [0.717, 1.165) is 0 Å². The lowest BCUT2D eigenvalue weighted by Gasteiger charge is -2.16. The molecule has 0 aliphatic carbocycles. The van der Waals surface area contributed by atoms with E-state index in [1.54, 1.807) is 31.2 Å². The summed E-state index contributed by atoms with van der Waals surface area (Å²) in [5, 5.41) is 11.3. The molecule has 0 unspecified atom stereocenters. The van der Waals surface area contributed by atoms with Gasteiger partial charge >= 0.3 is 11.9 Å².